The van der Waals surface area contributed by atoms with Crippen molar-refractivity contribution in [2.45, 2.75) is 120 Å². The minimum Gasteiger partial charge on any atom is -0.462 e. The van der Waals surface area contributed by atoms with Crippen LogP contribution in [0.5, 0.6) is 0 Å². The van der Waals surface area contributed by atoms with E-state index in [9.17, 15) is 38.4 Å². The van der Waals surface area contributed by atoms with E-state index in [1.165, 1.54) is 49.1 Å². The van der Waals surface area contributed by atoms with Gasteiger partial charge in [-0.2, -0.15) is 19.9 Å². The van der Waals surface area contributed by atoms with Gasteiger partial charge in [0, 0.05) is 11.8 Å². The normalized spacial score (nSPS) is 12.8. The van der Waals surface area contributed by atoms with Crippen molar-refractivity contribution in [3.8, 4) is 0 Å². The summed E-state index contributed by atoms with van der Waals surface area (Å²) in [7, 11) is -0.241. The fourth-order valence-electron chi connectivity index (χ4n) is 9.66. The minimum atomic E-state index is -0.672. The monoisotopic (exact) mass is 1470 g/mol. The lowest BCUT2D eigenvalue weighted by Gasteiger charge is -2.32. The molecule has 0 saturated carbocycles. The number of nitrogens with zero attached hydrogens (tertiary/aromatic N) is 12. The molecule has 0 aromatic carbocycles. The van der Waals surface area contributed by atoms with Crippen molar-refractivity contribution in [2.75, 3.05) is 49.4 Å². The van der Waals surface area contributed by atoms with Crippen molar-refractivity contribution in [3.63, 3.8) is 0 Å². The van der Waals surface area contributed by atoms with Crippen LogP contribution in [0.3, 0.4) is 0 Å². The zero-order valence-corrected chi connectivity index (χ0v) is 60.8. The van der Waals surface area contributed by atoms with E-state index in [2.05, 4.69) is 73.0 Å². The third kappa shape index (κ3) is 16.3. The van der Waals surface area contributed by atoms with Crippen LogP contribution in [0.4, 0.5) is 23.3 Å². The van der Waals surface area contributed by atoms with Crippen LogP contribution >= 0.6 is 11.6 Å². The summed E-state index contributed by atoms with van der Waals surface area (Å²) >= 11 is 5.68. The maximum Gasteiger partial charge on any atom is 0.489 e. The first-order valence-corrected chi connectivity index (χ1v) is 33.0. The number of carbonyl (C=O) groups excluding carboxylic acids is 4. The summed E-state index contributed by atoms with van der Waals surface area (Å²) in [4.78, 5) is 147. The number of ether oxygens (including phenoxy) is 4. The fourth-order valence-corrected chi connectivity index (χ4v) is 9.80. The van der Waals surface area contributed by atoms with E-state index in [1.807, 2.05) is 62.3 Å². The van der Waals surface area contributed by atoms with E-state index in [1.54, 1.807) is 34.6 Å². The molecule has 12 aromatic rings. The van der Waals surface area contributed by atoms with E-state index >= 15 is 0 Å². The zero-order chi connectivity index (χ0) is 77.7. The summed E-state index contributed by atoms with van der Waals surface area (Å²) in [6.07, 6.45) is 5.53. The van der Waals surface area contributed by atoms with Crippen molar-refractivity contribution in [2.24, 2.45) is 0 Å². The number of aromatic nitrogens is 12. The van der Waals surface area contributed by atoms with Gasteiger partial charge in [-0.15, -0.1) is 6.58 Å². The lowest BCUT2D eigenvalue weighted by Crippen LogP contribution is -2.41. The van der Waals surface area contributed by atoms with Gasteiger partial charge in [0.2, 0.25) is 49.9 Å². The predicted molar refractivity (Wildman–Crippen MR) is 394 cm³/mol. The molecule has 36 heteroatoms. The summed E-state index contributed by atoms with van der Waals surface area (Å²) < 4.78 is 53.1. The molecular weight excluding hydrogens is 1400 g/mol. The summed E-state index contributed by atoms with van der Waals surface area (Å²) in [5, 5.41) is 0.292. The van der Waals surface area contributed by atoms with Gasteiger partial charge in [-0.25, -0.2) is 59.0 Å². The van der Waals surface area contributed by atoms with E-state index in [0.717, 1.165) is 5.47 Å². The van der Waals surface area contributed by atoms with E-state index in [0.29, 0.717) is 23.0 Å². The lowest BCUT2D eigenvalue weighted by atomic mass is 9.81. The van der Waals surface area contributed by atoms with Gasteiger partial charge in [0.05, 0.1) is 84.0 Å². The van der Waals surface area contributed by atoms with Crippen molar-refractivity contribution >= 4 is 160 Å². The van der Waals surface area contributed by atoms with Crippen LogP contribution in [0.25, 0.3) is 94.4 Å². The Morgan fingerprint density at radius 1 is 0.453 bits per heavy atom. The molecular formula is C70H72BClN16O18. The number of pyridine rings is 4. The number of rotatable bonds is 12. The van der Waals surface area contributed by atoms with Crippen LogP contribution < -0.4 is 44.6 Å². The van der Waals surface area contributed by atoms with Crippen molar-refractivity contribution in [3.05, 3.63) is 154 Å². The Kier molecular flexibility index (Phi) is 23.3. The number of esters is 4. The number of halogens is 1. The molecule has 0 radical (unpaired) electrons. The van der Waals surface area contributed by atoms with Crippen LogP contribution in [-0.4, -0.2) is 128 Å². The third-order valence-corrected chi connectivity index (χ3v) is 16.0. The van der Waals surface area contributed by atoms with Crippen LogP contribution in [0, 0.1) is 0 Å². The fraction of sp³-hybridized carbons (Fsp3) is 0.314. The summed E-state index contributed by atoms with van der Waals surface area (Å²) in [6.45, 7) is 34.4. The molecule has 0 bridgehead atoms. The first-order valence-electron chi connectivity index (χ1n) is 32.6. The molecule has 13 heterocycles. The number of allylic oxidation sites excluding steroid dienone is 2. The minimum absolute atomic E-state index is 0.00437. The average Bonchev–Trinajstić information content (AvgIpc) is 1.21. The second-order valence-electron chi connectivity index (χ2n) is 24.9. The molecule has 1 fully saturated rings. The molecule has 1 aliphatic heterocycles. The van der Waals surface area contributed by atoms with E-state index < -0.39 is 45.6 Å². The van der Waals surface area contributed by atoms with Crippen molar-refractivity contribution < 1.29 is 65.1 Å². The Balaban J connectivity index is 0.000000156. The second kappa shape index (κ2) is 31.7. The third-order valence-electron chi connectivity index (χ3n) is 15.8. The molecule has 1 saturated heterocycles. The molecule has 550 valence electrons. The number of carbonyl (C=O) groups is 4. The van der Waals surface area contributed by atoms with Gasteiger partial charge in [-0.1, -0.05) is 39.7 Å². The topological polar surface area (TPSA) is 503 Å². The highest BCUT2D eigenvalue weighted by molar-refractivity contribution is 6.54. The largest absolute Gasteiger partial charge is 0.489 e. The molecule has 106 heavy (non-hydrogen) atoms. The van der Waals surface area contributed by atoms with Gasteiger partial charge in [0.25, 0.3) is 0 Å². The molecule has 12 aromatic heterocycles. The Hall–Kier alpha value is -12.4. The summed E-state index contributed by atoms with van der Waals surface area (Å²) in [5.74, 6) is -1.41. The van der Waals surface area contributed by atoms with Gasteiger partial charge >= 0.3 is 31.0 Å². The Bertz CT molecular complexity index is 5650. The molecule has 34 nitrogen and oxygen atoms in total. The number of hydrogen-bond donors (Lipinski definition) is 4. The Labute approximate surface area is 605 Å². The molecule has 0 amide bonds. The van der Waals surface area contributed by atoms with Gasteiger partial charge in [0.1, 0.15) is 57.2 Å². The van der Waals surface area contributed by atoms with Crippen molar-refractivity contribution in [1.29, 1.82) is 0 Å². The summed E-state index contributed by atoms with van der Waals surface area (Å²) in [5.41, 5.74) is 23.5. The van der Waals surface area contributed by atoms with Gasteiger partial charge in [-0.05, 0) is 111 Å². The molecule has 1 aliphatic rings. The highest BCUT2D eigenvalue weighted by Crippen LogP contribution is 2.38. The SMILES string of the molecule is C=C(C)B1OC(C)(C)C(C)(C)O1.C=C(C)c1ncc2oc3nc(N)c(C(=O)OCC)cc3c(=O)c2n1.CCOC(=O)c1cc2c(=O)c3nc(C(C)C)ncc3oc2nc1N.CCOC(=O)c1cc2c(=O)c3nc(C(C)C)ncc3oc2nc1N.CCOC(=O)c1cc2c(=O)c3nc(Cl)ncc3oc2nc1N. The highest BCUT2D eigenvalue weighted by atomic mass is 35.5. The molecule has 0 atom stereocenters. The maximum atomic E-state index is 12.7. The van der Waals surface area contributed by atoms with Gasteiger partial charge in [-0.3, -0.25) is 19.2 Å². The number of fused-ring (bicyclic) bond motifs is 8. The smallest absolute Gasteiger partial charge is 0.462 e. The lowest BCUT2D eigenvalue weighted by molar-refractivity contribution is 0.00578. The van der Waals surface area contributed by atoms with E-state index in [4.69, 9.17) is 80.5 Å². The predicted octanol–water partition coefficient (Wildman–Crippen LogP) is 9.69. The first-order chi connectivity index (χ1) is 50.0. The Morgan fingerprint density at radius 2 is 0.726 bits per heavy atom. The second-order valence-corrected chi connectivity index (χ2v) is 25.2. The number of nitrogens with two attached hydrogens (primary N) is 4. The molecule has 0 unspecified atom stereocenters. The van der Waals surface area contributed by atoms with Crippen LogP contribution in [0.1, 0.15) is 168 Å². The number of anilines is 4. The van der Waals surface area contributed by atoms with Crippen LogP contribution in [-0.2, 0) is 28.3 Å². The zero-order valence-electron chi connectivity index (χ0n) is 60.0. The van der Waals surface area contributed by atoms with Crippen LogP contribution in [0.15, 0.2) is 105 Å². The average molecular weight is 1470 g/mol. The number of nitrogen functional groups attached to an aromatic ring is 4. The summed E-state index contributed by atoms with van der Waals surface area (Å²) in [6, 6.07) is 5.25. The maximum absolute atomic E-state index is 12.7. The van der Waals surface area contributed by atoms with Crippen molar-refractivity contribution in [1.82, 2.24) is 59.8 Å². The molecule has 8 N–H and O–H groups in total. The van der Waals surface area contributed by atoms with Gasteiger partial charge in [0.15, 0.2) is 50.2 Å². The molecule has 13 rings (SSSR count). The first kappa shape index (κ1) is 77.8. The van der Waals surface area contributed by atoms with Gasteiger partial charge < -0.3 is 68.9 Å². The van der Waals surface area contributed by atoms with E-state index in [-0.39, 0.29) is 196 Å². The van der Waals surface area contributed by atoms with Crippen LogP contribution in [0.2, 0.25) is 5.28 Å². The Morgan fingerprint density at radius 3 is 0.991 bits per heavy atom. The highest BCUT2D eigenvalue weighted by Gasteiger charge is 2.51. The molecule has 0 aliphatic carbocycles. The number of hydrogen-bond acceptors (Lipinski definition) is 34. The quantitative estimate of drug-likeness (QED) is 0.0290. The standard InChI is InChI=1S/2C16H16N4O4.C16H14N4O4.C13H9ClN4O4.C9H17BO2/c3*1-4-23-16(22)9-5-8-12(21)11-10(24-15(8)20-13(9)17)6-18-14(19-11)7(2)3;1-2-21-12(20)6-3-5-9(19)8-7(4-16-13(14)17-8)22-11(5)18-10(6)15;1-7(2)10-11-8(3,4)9(5,6)12-10/h2*5-7H,4H2,1-3H3,(H2,17,20);5-6H,2,4H2,1,3H3,(H2,17,20);3-4H,2H2,1H3,(H2,15,18);1H2,2-6H3. The molecule has 0 spiro atoms.